The molecule has 2 heterocycles. The number of aromatic nitrogens is 1. The molecule has 0 saturated carbocycles. The highest BCUT2D eigenvalue weighted by molar-refractivity contribution is 7.13. The molecule has 2 aromatic carbocycles. The maximum atomic E-state index is 13.3. The van der Waals surface area contributed by atoms with Crippen LogP contribution in [0.5, 0.6) is 0 Å². The summed E-state index contributed by atoms with van der Waals surface area (Å²) in [4.78, 5) is 9.69. The normalized spacial score (nSPS) is 15.8. The molecule has 1 aromatic heterocycles. The van der Waals surface area contributed by atoms with Gasteiger partial charge in [0.1, 0.15) is 10.8 Å². The molecule has 0 bridgehead atoms. The Morgan fingerprint density at radius 3 is 2.46 bits per heavy atom. The maximum absolute atomic E-state index is 13.3. The second-order valence-corrected chi connectivity index (χ2v) is 8.52. The van der Waals surface area contributed by atoms with Crippen LogP contribution in [0.25, 0.3) is 10.6 Å². The van der Waals surface area contributed by atoms with Crippen LogP contribution in [0.2, 0.25) is 5.02 Å². The van der Waals surface area contributed by atoms with E-state index in [2.05, 4.69) is 46.4 Å². The van der Waals surface area contributed by atoms with Crippen LogP contribution in [0.3, 0.4) is 0 Å². The van der Waals surface area contributed by atoms with E-state index in [1.165, 1.54) is 17.2 Å². The lowest BCUT2D eigenvalue weighted by molar-refractivity contribution is 0.121. The summed E-state index contributed by atoms with van der Waals surface area (Å²) < 4.78 is 13.3. The molecule has 4 rings (SSSR count). The van der Waals surface area contributed by atoms with Gasteiger partial charge in [0.15, 0.2) is 0 Å². The van der Waals surface area contributed by atoms with E-state index < -0.39 is 0 Å². The van der Waals surface area contributed by atoms with Gasteiger partial charge in [-0.1, -0.05) is 41.9 Å². The largest absolute Gasteiger partial charge is 0.297 e. The van der Waals surface area contributed by atoms with E-state index in [1.54, 1.807) is 17.4 Å². The van der Waals surface area contributed by atoms with E-state index in [0.29, 0.717) is 0 Å². The highest BCUT2D eigenvalue weighted by Crippen LogP contribution is 2.27. The topological polar surface area (TPSA) is 19.4 Å². The van der Waals surface area contributed by atoms with Gasteiger partial charge in [0.2, 0.25) is 0 Å². The minimum Gasteiger partial charge on any atom is -0.297 e. The van der Waals surface area contributed by atoms with Crippen molar-refractivity contribution < 1.29 is 4.39 Å². The number of nitrogens with zero attached hydrogens (tertiary/aromatic N) is 3. The Labute approximate surface area is 174 Å². The summed E-state index contributed by atoms with van der Waals surface area (Å²) in [6.45, 7) is 7.82. The van der Waals surface area contributed by atoms with Crippen molar-refractivity contribution >= 4 is 22.9 Å². The molecule has 0 amide bonds. The molecule has 3 aromatic rings. The van der Waals surface area contributed by atoms with Gasteiger partial charge in [0, 0.05) is 50.2 Å². The van der Waals surface area contributed by atoms with Gasteiger partial charge in [-0.2, -0.15) is 0 Å². The molecular formula is C22H23ClFN3S. The molecule has 1 aliphatic heterocycles. The third-order valence-corrected chi connectivity index (χ3v) is 6.38. The number of aryl methyl sites for hydroxylation is 1. The van der Waals surface area contributed by atoms with Crippen molar-refractivity contribution in [1.29, 1.82) is 0 Å². The van der Waals surface area contributed by atoms with Crippen LogP contribution in [-0.2, 0) is 13.1 Å². The van der Waals surface area contributed by atoms with Crippen LogP contribution in [-0.4, -0.2) is 41.0 Å². The summed E-state index contributed by atoms with van der Waals surface area (Å²) in [5.74, 6) is -0.358. The van der Waals surface area contributed by atoms with Gasteiger partial charge in [-0.05, 0) is 30.2 Å². The fourth-order valence-corrected chi connectivity index (χ4v) is 4.65. The lowest BCUT2D eigenvalue weighted by atomic mass is 10.1. The van der Waals surface area contributed by atoms with E-state index >= 15 is 0 Å². The second kappa shape index (κ2) is 8.70. The van der Waals surface area contributed by atoms with Gasteiger partial charge in [0.05, 0.1) is 10.7 Å². The molecule has 6 heteroatoms. The van der Waals surface area contributed by atoms with E-state index in [1.807, 2.05) is 6.07 Å². The second-order valence-electron chi connectivity index (χ2n) is 7.26. The smallest absolute Gasteiger partial charge is 0.141 e. The van der Waals surface area contributed by atoms with Gasteiger partial charge in [-0.3, -0.25) is 9.80 Å². The third kappa shape index (κ3) is 4.61. The number of rotatable bonds is 5. The first-order valence-corrected chi connectivity index (χ1v) is 10.7. The van der Waals surface area contributed by atoms with Crippen molar-refractivity contribution in [2.24, 2.45) is 0 Å². The van der Waals surface area contributed by atoms with Gasteiger partial charge in [-0.15, -0.1) is 11.3 Å². The molecule has 28 heavy (non-hydrogen) atoms. The van der Waals surface area contributed by atoms with Crippen LogP contribution >= 0.6 is 22.9 Å². The minimum absolute atomic E-state index is 0.198. The first kappa shape index (κ1) is 19.5. The highest BCUT2D eigenvalue weighted by Gasteiger charge is 2.18. The van der Waals surface area contributed by atoms with E-state index in [0.717, 1.165) is 55.5 Å². The average molecular weight is 416 g/mol. The van der Waals surface area contributed by atoms with E-state index in [4.69, 9.17) is 16.6 Å². The van der Waals surface area contributed by atoms with Gasteiger partial charge >= 0.3 is 0 Å². The Morgan fingerprint density at radius 2 is 1.75 bits per heavy atom. The van der Waals surface area contributed by atoms with Crippen molar-refractivity contribution in [3.8, 4) is 10.6 Å². The van der Waals surface area contributed by atoms with Crippen molar-refractivity contribution in [3.05, 3.63) is 75.5 Å². The lowest BCUT2D eigenvalue weighted by Gasteiger charge is -2.34. The lowest BCUT2D eigenvalue weighted by Crippen LogP contribution is -2.45. The molecule has 1 saturated heterocycles. The van der Waals surface area contributed by atoms with E-state index in [-0.39, 0.29) is 10.8 Å². The zero-order chi connectivity index (χ0) is 19.5. The van der Waals surface area contributed by atoms with Crippen molar-refractivity contribution in [2.75, 3.05) is 26.2 Å². The maximum Gasteiger partial charge on any atom is 0.141 e. The number of hydrogen-bond acceptors (Lipinski definition) is 4. The zero-order valence-corrected chi connectivity index (χ0v) is 17.4. The molecule has 0 unspecified atom stereocenters. The summed E-state index contributed by atoms with van der Waals surface area (Å²) in [7, 11) is 0. The van der Waals surface area contributed by atoms with Crippen LogP contribution in [0.4, 0.5) is 4.39 Å². The van der Waals surface area contributed by atoms with Gasteiger partial charge < -0.3 is 0 Å². The Balaban J connectivity index is 1.31. The summed E-state index contributed by atoms with van der Waals surface area (Å²) >= 11 is 7.61. The number of halogens is 2. The predicted octanol–water partition coefficient (Wildman–Crippen LogP) is 5.23. The zero-order valence-electron chi connectivity index (χ0n) is 15.9. The molecule has 0 atom stereocenters. The number of thiazole rings is 1. The van der Waals surface area contributed by atoms with Crippen molar-refractivity contribution in [3.63, 3.8) is 0 Å². The molecule has 3 nitrogen and oxygen atoms in total. The minimum atomic E-state index is -0.358. The first-order valence-electron chi connectivity index (χ1n) is 9.47. The summed E-state index contributed by atoms with van der Waals surface area (Å²) in [6.07, 6.45) is 0. The summed E-state index contributed by atoms with van der Waals surface area (Å²) in [5.41, 5.74) is 4.68. The Morgan fingerprint density at radius 1 is 1.04 bits per heavy atom. The quantitative estimate of drug-likeness (QED) is 0.568. The van der Waals surface area contributed by atoms with Crippen LogP contribution in [0.15, 0.2) is 47.8 Å². The average Bonchev–Trinajstić information content (AvgIpc) is 3.15. The Bertz CT molecular complexity index is 950. The SMILES string of the molecule is Cc1ccccc1-c1nc(CN2CCN(Cc3ccc(F)c(Cl)c3)CC2)cs1. The molecule has 146 valence electrons. The van der Waals surface area contributed by atoms with Crippen LogP contribution in [0, 0.1) is 12.7 Å². The first-order chi connectivity index (χ1) is 13.6. The fraction of sp³-hybridized carbons (Fsp3) is 0.318. The number of benzene rings is 2. The predicted molar refractivity (Wildman–Crippen MR) is 114 cm³/mol. The molecule has 0 radical (unpaired) electrons. The molecular weight excluding hydrogens is 393 g/mol. The summed E-state index contributed by atoms with van der Waals surface area (Å²) in [6, 6.07) is 13.4. The standard InChI is InChI=1S/C22H23ClFN3S/c1-16-4-2-3-5-19(16)22-25-18(15-28-22)14-27-10-8-26(9-11-27)13-17-6-7-21(24)20(23)12-17/h2-7,12,15H,8-11,13-14H2,1H3. The Kier molecular flexibility index (Phi) is 6.07. The number of piperazine rings is 1. The molecule has 0 aliphatic carbocycles. The molecule has 1 aliphatic rings. The van der Waals surface area contributed by atoms with Crippen molar-refractivity contribution in [2.45, 2.75) is 20.0 Å². The van der Waals surface area contributed by atoms with Crippen LogP contribution in [0.1, 0.15) is 16.8 Å². The Hall–Kier alpha value is -1.79. The van der Waals surface area contributed by atoms with Gasteiger partial charge in [-0.25, -0.2) is 9.37 Å². The summed E-state index contributed by atoms with van der Waals surface area (Å²) in [5, 5.41) is 3.47. The van der Waals surface area contributed by atoms with Crippen molar-refractivity contribution in [1.82, 2.24) is 14.8 Å². The fourth-order valence-electron chi connectivity index (χ4n) is 3.55. The number of hydrogen-bond donors (Lipinski definition) is 0. The molecule has 1 fully saturated rings. The highest BCUT2D eigenvalue weighted by atomic mass is 35.5. The third-order valence-electron chi connectivity index (χ3n) is 5.17. The van der Waals surface area contributed by atoms with Crippen LogP contribution < -0.4 is 0 Å². The molecule has 0 N–H and O–H groups in total. The van der Waals surface area contributed by atoms with Gasteiger partial charge in [0.25, 0.3) is 0 Å². The van der Waals surface area contributed by atoms with E-state index in [9.17, 15) is 4.39 Å². The molecule has 0 spiro atoms. The monoisotopic (exact) mass is 415 g/mol.